The summed E-state index contributed by atoms with van der Waals surface area (Å²) in [6.07, 6.45) is 0.370. The van der Waals surface area contributed by atoms with Gasteiger partial charge in [-0.15, -0.1) is 0 Å². The summed E-state index contributed by atoms with van der Waals surface area (Å²) in [6.45, 7) is 1.73. The summed E-state index contributed by atoms with van der Waals surface area (Å²) in [6, 6.07) is 3.93. The number of nitrogens with one attached hydrogen (secondary N) is 1. The third-order valence-electron chi connectivity index (χ3n) is 2.38. The second-order valence-corrected chi connectivity index (χ2v) is 4.45. The molecule has 1 amide bonds. The van der Waals surface area contributed by atoms with Crippen LogP contribution in [0, 0.1) is 11.7 Å². The molecule has 0 aliphatic carbocycles. The van der Waals surface area contributed by atoms with Crippen LogP contribution in [0.15, 0.2) is 27.8 Å². The number of nitrogens with zero attached hydrogens (tertiary/aromatic N) is 1. The van der Waals surface area contributed by atoms with Gasteiger partial charge < -0.3 is 16.3 Å². The number of carbonyl (C=O) groups is 1. The van der Waals surface area contributed by atoms with Crippen molar-refractivity contribution in [3.8, 4) is 0 Å². The van der Waals surface area contributed by atoms with E-state index in [9.17, 15) is 9.18 Å². The maximum Gasteiger partial charge on any atom is 0.235 e. The molecule has 0 fully saturated rings. The highest BCUT2D eigenvalue weighted by atomic mass is 79.9. The SMILES string of the molecule is CCC(C(=O)Nc1cc(F)ccc1Br)/C(N)=N/O. The topological polar surface area (TPSA) is 87.7 Å². The number of nitrogens with two attached hydrogens (primary N) is 1. The van der Waals surface area contributed by atoms with Crippen molar-refractivity contribution in [3.63, 3.8) is 0 Å². The Morgan fingerprint density at radius 1 is 1.67 bits per heavy atom. The van der Waals surface area contributed by atoms with Crippen LogP contribution >= 0.6 is 15.9 Å². The largest absolute Gasteiger partial charge is 0.409 e. The van der Waals surface area contributed by atoms with Crippen molar-refractivity contribution in [1.29, 1.82) is 0 Å². The summed E-state index contributed by atoms with van der Waals surface area (Å²) in [5.74, 6) is -1.86. The van der Waals surface area contributed by atoms with Crippen molar-refractivity contribution in [3.05, 3.63) is 28.5 Å². The summed E-state index contributed by atoms with van der Waals surface area (Å²) in [7, 11) is 0. The van der Waals surface area contributed by atoms with Crippen LogP contribution in [-0.4, -0.2) is 17.0 Å². The molecule has 1 rings (SSSR count). The highest BCUT2D eigenvalue weighted by Crippen LogP contribution is 2.23. The van der Waals surface area contributed by atoms with Crippen molar-refractivity contribution in [2.45, 2.75) is 13.3 Å². The molecule has 0 saturated heterocycles. The number of hydrogen-bond acceptors (Lipinski definition) is 3. The number of carbonyl (C=O) groups excluding carboxylic acids is 1. The van der Waals surface area contributed by atoms with Crippen molar-refractivity contribution in [2.24, 2.45) is 16.8 Å². The van der Waals surface area contributed by atoms with Crippen molar-refractivity contribution >= 4 is 33.4 Å². The molecule has 5 nitrogen and oxygen atoms in total. The Bertz CT molecular complexity index is 479. The number of anilines is 1. The van der Waals surface area contributed by atoms with Crippen molar-refractivity contribution < 1.29 is 14.4 Å². The van der Waals surface area contributed by atoms with Gasteiger partial charge in [-0.2, -0.15) is 0 Å². The zero-order valence-electron chi connectivity index (χ0n) is 9.65. The summed E-state index contributed by atoms with van der Waals surface area (Å²) in [5.41, 5.74) is 5.70. The van der Waals surface area contributed by atoms with Crippen LogP contribution in [0.1, 0.15) is 13.3 Å². The zero-order chi connectivity index (χ0) is 13.7. The first-order valence-electron chi connectivity index (χ1n) is 5.23. The predicted octanol–water partition coefficient (Wildman–Crippen LogP) is 2.30. The fourth-order valence-corrected chi connectivity index (χ4v) is 1.76. The van der Waals surface area contributed by atoms with Gasteiger partial charge in [-0.05, 0) is 40.5 Å². The fourth-order valence-electron chi connectivity index (χ4n) is 1.41. The van der Waals surface area contributed by atoms with Gasteiger partial charge in [0.25, 0.3) is 0 Å². The molecular weight excluding hydrogens is 305 g/mol. The molecule has 0 aromatic heterocycles. The Labute approximate surface area is 112 Å². The average molecular weight is 318 g/mol. The molecule has 0 aliphatic rings. The Morgan fingerprint density at radius 2 is 2.33 bits per heavy atom. The predicted molar refractivity (Wildman–Crippen MR) is 69.9 cm³/mol. The van der Waals surface area contributed by atoms with Crippen LogP contribution in [0.25, 0.3) is 0 Å². The second kappa shape index (κ2) is 6.34. The number of benzene rings is 1. The van der Waals surface area contributed by atoms with E-state index in [1.807, 2.05) is 0 Å². The van der Waals surface area contributed by atoms with Gasteiger partial charge in [-0.3, -0.25) is 4.79 Å². The van der Waals surface area contributed by atoms with Gasteiger partial charge in [-0.25, -0.2) is 4.39 Å². The van der Waals surface area contributed by atoms with Gasteiger partial charge in [0, 0.05) is 4.47 Å². The molecule has 1 aromatic carbocycles. The lowest BCUT2D eigenvalue weighted by Gasteiger charge is -2.14. The van der Waals surface area contributed by atoms with Gasteiger partial charge in [-0.1, -0.05) is 12.1 Å². The molecule has 0 bridgehead atoms. The first kappa shape index (κ1) is 14.4. The van der Waals surface area contributed by atoms with Crippen LogP contribution in [0.3, 0.4) is 0 Å². The van der Waals surface area contributed by atoms with Gasteiger partial charge >= 0.3 is 0 Å². The maximum atomic E-state index is 13.0. The molecule has 7 heteroatoms. The Morgan fingerprint density at radius 3 is 2.89 bits per heavy atom. The van der Waals surface area contributed by atoms with Crippen LogP contribution < -0.4 is 11.1 Å². The van der Waals surface area contributed by atoms with Gasteiger partial charge in [0.05, 0.1) is 11.6 Å². The Balaban J connectivity index is 2.89. The summed E-state index contributed by atoms with van der Waals surface area (Å²) in [5, 5.41) is 13.9. The monoisotopic (exact) mass is 317 g/mol. The summed E-state index contributed by atoms with van der Waals surface area (Å²) in [4.78, 5) is 11.9. The van der Waals surface area contributed by atoms with Crippen molar-refractivity contribution in [2.75, 3.05) is 5.32 Å². The minimum atomic E-state index is -0.759. The standard InChI is InChI=1S/C11H13BrFN3O2/c1-2-7(10(14)16-18)11(17)15-9-5-6(13)3-4-8(9)12/h3-5,7,18H,2H2,1H3,(H2,14,16)(H,15,17). The number of amides is 1. The zero-order valence-corrected chi connectivity index (χ0v) is 11.2. The summed E-state index contributed by atoms with van der Waals surface area (Å²) >= 11 is 3.19. The fraction of sp³-hybridized carbons (Fsp3) is 0.273. The van der Waals surface area contributed by atoms with Gasteiger partial charge in [0.1, 0.15) is 5.82 Å². The number of amidine groups is 1. The molecule has 98 valence electrons. The van der Waals surface area contributed by atoms with E-state index in [2.05, 4.69) is 26.4 Å². The average Bonchev–Trinajstić information content (AvgIpc) is 2.34. The number of rotatable bonds is 4. The Hall–Kier alpha value is -1.63. The molecule has 0 radical (unpaired) electrons. The first-order valence-corrected chi connectivity index (χ1v) is 6.02. The number of halogens is 2. The van der Waals surface area contributed by atoms with Crippen LogP contribution in [0.4, 0.5) is 10.1 Å². The highest BCUT2D eigenvalue weighted by molar-refractivity contribution is 9.10. The molecule has 1 atom stereocenters. The molecule has 18 heavy (non-hydrogen) atoms. The lowest BCUT2D eigenvalue weighted by Crippen LogP contribution is -2.34. The highest BCUT2D eigenvalue weighted by Gasteiger charge is 2.21. The molecular formula is C11H13BrFN3O2. The Kier molecular flexibility index (Phi) is 5.08. The molecule has 1 unspecified atom stereocenters. The minimum Gasteiger partial charge on any atom is -0.409 e. The van der Waals surface area contributed by atoms with Crippen molar-refractivity contribution in [1.82, 2.24) is 0 Å². The van der Waals surface area contributed by atoms with E-state index >= 15 is 0 Å². The van der Waals surface area contributed by atoms with E-state index in [0.717, 1.165) is 0 Å². The number of oxime groups is 1. The quantitative estimate of drug-likeness (QED) is 0.344. The third-order valence-corrected chi connectivity index (χ3v) is 3.08. The third kappa shape index (κ3) is 3.43. The number of hydrogen-bond donors (Lipinski definition) is 3. The van der Waals surface area contributed by atoms with E-state index < -0.39 is 17.6 Å². The van der Waals surface area contributed by atoms with E-state index in [1.165, 1.54) is 18.2 Å². The van der Waals surface area contributed by atoms with Crippen LogP contribution in [-0.2, 0) is 4.79 Å². The van der Waals surface area contributed by atoms with Gasteiger partial charge in [0.2, 0.25) is 5.91 Å². The molecule has 0 aliphatic heterocycles. The first-order chi connectivity index (χ1) is 8.49. The van der Waals surface area contributed by atoms with Crippen LogP contribution in [0.5, 0.6) is 0 Å². The van der Waals surface area contributed by atoms with E-state index in [1.54, 1.807) is 6.92 Å². The second-order valence-electron chi connectivity index (χ2n) is 3.60. The minimum absolute atomic E-state index is 0.178. The van der Waals surface area contributed by atoms with E-state index in [4.69, 9.17) is 10.9 Å². The maximum absolute atomic E-state index is 13.0. The normalized spacial score (nSPS) is 13.2. The van der Waals surface area contributed by atoms with E-state index in [-0.39, 0.29) is 5.84 Å². The van der Waals surface area contributed by atoms with E-state index in [0.29, 0.717) is 16.6 Å². The van der Waals surface area contributed by atoms with Crippen LogP contribution in [0.2, 0.25) is 0 Å². The molecule has 4 N–H and O–H groups in total. The lowest BCUT2D eigenvalue weighted by atomic mass is 10.0. The lowest BCUT2D eigenvalue weighted by molar-refractivity contribution is -0.118. The molecule has 0 saturated carbocycles. The molecule has 0 heterocycles. The molecule has 1 aromatic rings. The smallest absolute Gasteiger partial charge is 0.235 e. The summed E-state index contributed by atoms with van der Waals surface area (Å²) < 4.78 is 13.6. The molecule has 0 spiro atoms. The van der Waals surface area contributed by atoms with Gasteiger partial charge in [0.15, 0.2) is 5.84 Å².